The van der Waals surface area contributed by atoms with Crippen LogP contribution in [0.1, 0.15) is 6.42 Å². The molecular weight excluding hydrogens is 168 g/mol. The maximum atomic E-state index is 9.86. The van der Waals surface area contributed by atoms with Crippen LogP contribution in [0.3, 0.4) is 0 Å². The molecule has 4 heteroatoms. The Labute approximate surface area is 79.9 Å². The Kier molecular flexibility index (Phi) is 4.12. The van der Waals surface area contributed by atoms with Crippen LogP contribution in [-0.2, 0) is 4.74 Å². The van der Waals surface area contributed by atoms with E-state index in [1.807, 2.05) is 14.1 Å². The average Bonchev–Trinajstić information content (AvgIpc) is 2.47. The minimum atomic E-state index is -0.619. The van der Waals surface area contributed by atoms with E-state index >= 15 is 0 Å². The van der Waals surface area contributed by atoms with Crippen LogP contribution in [0.2, 0.25) is 0 Å². The quantitative estimate of drug-likeness (QED) is 0.559. The second kappa shape index (κ2) is 4.91. The number of aliphatic hydroxyl groups is 1. The summed E-state index contributed by atoms with van der Waals surface area (Å²) in [4.78, 5) is 2.11. The molecule has 1 rings (SSSR count). The van der Waals surface area contributed by atoms with E-state index in [0.717, 1.165) is 19.5 Å². The van der Waals surface area contributed by atoms with E-state index in [4.69, 9.17) is 4.74 Å². The highest BCUT2D eigenvalue weighted by Gasteiger charge is 2.31. The largest absolute Gasteiger partial charge is 0.386 e. The van der Waals surface area contributed by atoms with Gasteiger partial charge < -0.3 is 20.1 Å². The van der Waals surface area contributed by atoms with E-state index in [1.54, 1.807) is 0 Å². The highest BCUT2D eigenvalue weighted by Crippen LogP contribution is 2.16. The molecule has 1 atom stereocenters. The fourth-order valence-corrected chi connectivity index (χ4v) is 1.36. The number of rotatable bonds is 5. The maximum Gasteiger partial charge on any atom is 0.102 e. The molecule has 1 saturated heterocycles. The predicted molar refractivity (Wildman–Crippen MR) is 51.8 cm³/mol. The first-order valence-corrected chi connectivity index (χ1v) is 4.78. The summed E-state index contributed by atoms with van der Waals surface area (Å²) < 4.78 is 5.14. The van der Waals surface area contributed by atoms with Crippen LogP contribution in [-0.4, -0.2) is 62.6 Å². The number of hydrogen-bond acceptors (Lipinski definition) is 4. The summed E-state index contributed by atoms with van der Waals surface area (Å²) >= 11 is 0. The number of hydrogen-bond donors (Lipinski definition) is 2. The third-order valence-electron chi connectivity index (χ3n) is 2.27. The van der Waals surface area contributed by atoms with Crippen LogP contribution in [0.25, 0.3) is 0 Å². The summed E-state index contributed by atoms with van der Waals surface area (Å²) in [5, 5.41) is 13.1. The summed E-state index contributed by atoms with van der Waals surface area (Å²) in [5.41, 5.74) is -0.619. The fraction of sp³-hybridized carbons (Fsp3) is 1.00. The topological polar surface area (TPSA) is 44.7 Å². The van der Waals surface area contributed by atoms with E-state index in [0.29, 0.717) is 19.8 Å². The molecule has 1 aliphatic rings. The van der Waals surface area contributed by atoms with Crippen molar-refractivity contribution >= 4 is 0 Å². The molecule has 0 spiro atoms. The summed E-state index contributed by atoms with van der Waals surface area (Å²) in [6, 6.07) is 0. The summed E-state index contributed by atoms with van der Waals surface area (Å²) in [5.74, 6) is 0. The van der Waals surface area contributed by atoms with Crippen LogP contribution in [0.4, 0.5) is 0 Å². The molecular formula is C9H20N2O2. The molecule has 0 radical (unpaired) electrons. The first kappa shape index (κ1) is 10.9. The Balaban J connectivity index is 2.04. The lowest BCUT2D eigenvalue weighted by Crippen LogP contribution is -2.42. The number of nitrogens with one attached hydrogen (secondary N) is 1. The molecule has 1 fully saturated rings. The van der Waals surface area contributed by atoms with Gasteiger partial charge in [-0.1, -0.05) is 0 Å². The summed E-state index contributed by atoms with van der Waals surface area (Å²) in [6.07, 6.45) is 0.752. The van der Waals surface area contributed by atoms with Gasteiger partial charge in [0.25, 0.3) is 0 Å². The van der Waals surface area contributed by atoms with Gasteiger partial charge in [-0.3, -0.25) is 0 Å². The van der Waals surface area contributed by atoms with Crippen LogP contribution >= 0.6 is 0 Å². The zero-order valence-corrected chi connectivity index (χ0v) is 8.55. The molecule has 0 aromatic heterocycles. The van der Waals surface area contributed by atoms with E-state index in [-0.39, 0.29) is 0 Å². The van der Waals surface area contributed by atoms with Crippen LogP contribution in [0.15, 0.2) is 0 Å². The van der Waals surface area contributed by atoms with Crippen molar-refractivity contribution in [3.63, 3.8) is 0 Å². The van der Waals surface area contributed by atoms with Crippen molar-refractivity contribution in [2.75, 3.05) is 46.9 Å². The van der Waals surface area contributed by atoms with Crippen LogP contribution in [0.5, 0.6) is 0 Å². The molecule has 1 heterocycles. The van der Waals surface area contributed by atoms with Crippen molar-refractivity contribution in [2.24, 2.45) is 0 Å². The Morgan fingerprint density at radius 1 is 1.54 bits per heavy atom. The molecule has 1 unspecified atom stereocenters. The van der Waals surface area contributed by atoms with Crippen molar-refractivity contribution in [1.82, 2.24) is 10.2 Å². The third kappa shape index (κ3) is 4.04. The van der Waals surface area contributed by atoms with Gasteiger partial charge >= 0.3 is 0 Å². The highest BCUT2D eigenvalue weighted by atomic mass is 16.5. The predicted octanol–water partition coefficient (Wildman–Crippen LogP) is -0.711. The van der Waals surface area contributed by atoms with Gasteiger partial charge in [-0.15, -0.1) is 0 Å². The number of likely N-dealkylation sites (N-methyl/N-ethyl adjacent to an activating group) is 1. The molecule has 1 aliphatic heterocycles. The molecule has 13 heavy (non-hydrogen) atoms. The monoisotopic (exact) mass is 188 g/mol. The first-order chi connectivity index (χ1) is 6.12. The molecule has 0 aliphatic carbocycles. The molecule has 4 nitrogen and oxygen atoms in total. The van der Waals surface area contributed by atoms with Gasteiger partial charge in [-0.05, 0) is 14.1 Å². The van der Waals surface area contributed by atoms with E-state index in [9.17, 15) is 5.11 Å². The Hall–Kier alpha value is -0.160. The SMILES string of the molecule is CN(C)CCNCC1(O)CCOC1. The van der Waals surface area contributed by atoms with E-state index < -0.39 is 5.60 Å². The van der Waals surface area contributed by atoms with Gasteiger partial charge in [0.05, 0.1) is 6.61 Å². The lowest BCUT2D eigenvalue weighted by Gasteiger charge is -2.21. The van der Waals surface area contributed by atoms with Crippen LogP contribution < -0.4 is 5.32 Å². The van der Waals surface area contributed by atoms with Gasteiger partial charge in [0.15, 0.2) is 0 Å². The zero-order valence-electron chi connectivity index (χ0n) is 8.55. The third-order valence-corrected chi connectivity index (χ3v) is 2.27. The summed E-state index contributed by atoms with van der Waals surface area (Å²) in [7, 11) is 4.07. The highest BCUT2D eigenvalue weighted by molar-refractivity contribution is 4.84. The van der Waals surface area contributed by atoms with Crippen molar-refractivity contribution in [3.8, 4) is 0 Å². The van der Waals surface area contributed by atoms with Gasteiger partial charge in [0.2, 0.25) is 0 Å². The van der Waals surface area contributed by atoms with Gasteiger partial charge in [0.1, 0.15) is 5.60 Å². The Morgan fingerprint density at radius 3 is 2.85 bits per heavy atom. The Morgan fingerprint density at radius 2 is 2.31 bits per heavy atom. The normalized spacial score (nSPS) is 28.6. The van der Waals surface area contributed by atoms with Gasteiger partial charge in [-0.2, -0.15) is 0 Å². The average molecular weight is 188 g/mol. The van der Waals surface area contributed by atoms with Crippen molar-refractivity contribution in [2.45, 2.75) is 12.0 Å². The maximum absolute atomic E-state index is 9.86. The minimum Gasteiger partial charge on any atom is -0.386 e. The standard InChI is InChI=1S/C9H20N2O2/c1-11(2)5-4-10-7-9(12)3-6-13-8-9/h10,12H,3-8H2,1-2H3. The number of nitrogens with zero attached hydrogens (tertiary/aromatic N) is 1. The van der Waals surface area contributed by atoms with Crippen molar-refractivity contribution in [1.29, 1.82) is 0 Å². The molecule has 0 amide bonds. The second-order valence-corrected chi connectivity index (χ2v) is 4.01. The van der Waals surface area contributed by atoms with Crippen LogP contribution in [0, 0.1) is 0 Å². The number of ether oxygens (including phenoxy) is 1. The Bertz CT molecular complexity index is 145. The van der Waals surface area contributed by atoms with Gasteiger partial charge in [-0.25, -0.2) is 0 Å². The molecule has 2 N–H and O–H groups in total. The molecule has 0 aromatic rings. The van der Waals surface area contributed by atoms with Gasteiger partial charge in [0, 0.05) is 32.7 Å². The first-order valence-electron chi connectivity index (χ1n) is 4.78. The zero-order chi connectivity index (χ0) is 9.73. The fourth-order valence-electron chi connectivity index (χ4n) is 1.36. The smallest absolute Gasteiger partial charge is 0.102 e. The molecule has 0 aromatic carbocycles. The molecule has 0 saturated carbocycles. The lowest BCUT2D eigenvalue weighted by molar-refractivity contribution is 0.0270. The van der Waals surface area contributed by atoms with Crippen molar-refractivity contribution in [3.05, 3.63) is 0 Å². The molecule has 0 bridgehead atoms. The van der Waals surface area contributed by atoms with E-state index in [2.05, 4.69) is 10.2 Å². The van der Waals surface area contributed by atoms with E-state index in [1.165, 1.54) is 0 Å². The molecule has 78 valence electrons. The van der Waals surface area contributed by atoms with Crippen molar-refractivity contribution < 1.29 is 9.84 Å². The summed E-state index contributed by atoms with van der Waals surface area (Å²) in [6.45, 7) is 3.71. The second-order valence-electron chi connectivity index (χ2n) is 4.01. The minimum absolute atomic E-state index is 0.474. The lowest BCUT2D eigenvalue weighted by atomic mass is 10.0.